The third-order valence-electron chi connectivity index (χ3n) is 2.56. The van der Waals surface area contributed by atoms with Crippen molar-refractivity contribution in [2.75, 3.05) is 0 Å². The van der Waals surface area contributed by atoms with E-state index in [1.165, 1.54) is 4.90 Å². The van der Waals surface area contributed by atoms with Gasteiger partial charge in [0.05, 0.1) is 11.8 Å². The zero-order valence-corrected chi connectivity index (χ0v) is 11.3. The topological polar surface area (TPSA) is 57.6 Å². The van der Waals surface area contributed by atoms with Gasteiger partial charge in [-0.1, -0.05) is 0 Å². The molecule has 0 aromatic carbocycles. The van der Waals surface area contributed by atoms with E-state index in [0.717, 1.165) is 0 Å². The van der Waals surface area contributed by atoms with Gasteiger partial charge in [-0.2, -0.15) is 0 Å². The number of amides is 1. The van der Waals surface area contributed by atoms with Crippen LogP contribution in [0.25, 0.3) is 0 Å². The predicted molar refractivity (Wildman–Crippen MR) is 54.1 cm³/mol. The van der Waals surface area contributed by atoms with Gasteiger partial charge >= 0.3 is 5.97 Å². The number of carboxylic acid groups (broad SMARTS) is 1. The molecule has 2 aliphatic heterocycles. The third-order valence-corrected chi connectivity index (χ3v) is 4.05. The number of carbonyl (C=O) groups excluding carboxylic acids is 1. The van der Waals surface area contributed by atoms with E-state index in [-0.39, 0.29) is 45.6 Å². The van der Waals surface area contributed by atoms with Crippen molar-refractivity contribution in [1.82, 2.24) is 4.90 Å². The van der Waals surface area contributed by atoms with E-state index in [1.54, 1.807) is 11.8 Å². The number of aliphatic carboxylic acids is 1. The zero-order chi connectivity index (χ0) is 9.80. The Morgan fingerprint density at radius 2 is 2.21 bits per heavy atom. The van der Waals surface area contributed by atoms with Gasteiger partial charge in [-0.3, -0.25) is 4.79 Å². The minimum absolute atomic E-state index is 0. The Morgan fingerprint density at radius 1 is 1.64 bits per heavy atom. The summed E-state index contributed by atoms with van der Waals surface area (Å²) in [4.78, 5) is 23.6. The molecule has 0 aromatic rings. The van der Waals surface area contributed by atoms with Crippen LogP contribution in [0.3, 0.4) is 0 Å². The van der Waals surface area contributed by atoms with E-state index in [0.29, 0.717) is 6.42 Å². The Kier molecular flexibility index (Phi) is 3.27. The first-order valence-corrected chi connectivity index (χ1v) is 5.03. The molecule has 2 heterocycles. The van der Waals surface area contributed by atoms with Gasteiger partial charge in [0.2, 0.25) is 5.91 Å². The van der Waals surface area contributed by atoms with E-state index >= 15 is 0 Å². The van der Waals surface area contributed by atoms with Gasteiger partial charge in [-0.25, -0.2) is 4.79 Å². The molecule has 0 saturated carbocycles. The van der Waals surface area contributed by atoms with Crippen molar-refractivity contribution in [2.45, 2.75) is 36.4 Å². The van der Waals surface area contributed by atoms with E-state index in [1.807, 2.05) is 13.8 Å². The van der Waals surface area contributed by atoms with E-state index < -0.39 is 12.0 Å². The predicted octanol–water partition coefficient (Wildman–Crippen LogP) is 0.143. The quantitative estimate of drug-likeness (QED) is 0.508. The van der Waals surface area contributed by atoms with Crippen LogP contribution in [0.1, 0.15) is 20.3 Å². The van der Waals surface area contributed by atoms with Crippen LogP contribution in [0.4, 0.5) is 0 Å². The Morgan fingerprint density at radius 3 is 2.57 bits per heavy atom. The average Bonchev–Trinajstić information content (AvgIpc) is 2.18. The van der Waals surface area contributed by atoms with Crippen molar-refractivity contribution in [3.63, 3.8) is 0 Å². The molecule has 2 fully saturated rings. The first kappa shape index (κ1) is 12.4. The molecule has 0 spiro atoms. The molecule has 1 N–H and O–H groups in total. The second-order valence-electron chi connectivity index (χ2n) is 3.92. The fraction of sp³-hybridized carbons (Fsp3) is 0.750. The standard InChI is InChI=1S/C8H11NO3S.Na/c1-8(2)6(7(11)12)9-4(10)3-5(9)13-8;/h5-6H,3H2,1-2H3,(H,11,12);/t5-,6+;/m1./s1. The van der Waals surface area contributed by atoms with E-state index in [9.17, 15) is 9.59 Å². The number of hydrogen-bond acceptors (Lipinski definition) is 3. The minimum Gasteiger partial charge on any atom is -0.480 e. The summed E-state index contributed by atoms with van der Waals surface area (Å²) in [7, 11) is 0. The maximum atomic E-state index is 11.2. The maximum absolute atomic E-state index is 11.2. The monoisotopic (exact) mass is 224 g/mol. The Labute approximate surface area is 109 Å². The van der Waals surface area contributed by atoms with Gasteiger partial charge in [0.1, 0.15) is 6.04 Å². The zero-order valence-electron chi connectivity index (χ0n) is 8.48. The van der Waals surface area contributed by atoms with E-state index in [4.69, 9.17) is 5.11 Å². The summed E-state index contributed by atoms with van der Waals surface area (Å²) in [6, 6.07) is -0.649. The SMILES string of the molecule is CC1(C)S[C@@H]2CC(=O)N2[C@H]1C(=O)O.[Na]. The molecule has 0 aliphatic carbocycles. The van der Waals surface area contributed by atoms with Crippen LogP contribution in [0.5, 0.6) is 0 Å². The summed E-state index contributed by atoms with van der Waals surface area (Å²) in [6.45, 7) is 3.75. The first-order valence-electron chi connectivity index (χ1n) is 4.15. The molecule has 73 valence electrons. The van der Waals surface area contributed by atoms with Crippen LogP contribution in [0.2, 0.25) is 0 Å². The molecular weight excluding hydrogens is 213 g/mol. The number of hydrogen-bond donors (Lipinski definition) is 1. The number of carbonyl (C=O) groups is 2. The van der Waals surface area contributed by atoms with Crippen molar-refractivity contribution in [1.29, 1.82) is 0 Å². The van der Waals surface area contributed by atoms with Crippen molar-refractivity contribution in [3.8, 4) is 0 Å². The Balaban J connectivity index is 0.000000980. The molecule has 2 saturated heterocycles. The van der Waals surface area contributed by atoms with Crippen molar-refractivity contribution in [3.05, 3.63) is 0 Å². The number of β-lactam (4-membered cyclic amide) rings is 1. The van der Waals surface area contributed by atoms with Gasteiger partial charge in [-0.15, -0.1) is 11.8 Å². The van der Waals surface area contributed by atoms with Gasteiger partial charge < -0.3 is 10.0 Å². The normalized spacial score (nSPS) is 33.0. The molecule has 0 unspecified atom stereocenters. The molecular formula is C8H11NNaO3S. The van der Waals surface area contributed by atoms with Gasteiger partial charge in [0.25, 0.3) is 0 Å². The van der Waals surface area contributed by atoms with Gasteiger partial charge in [-0.05, 0) is 13.8 Å². The maximum Gasteiger partial charge on any atom is 0.327 e. The van der Waals surface area contributed by atoms with Crippen LogP contribution in [0, 0.1) is 0 Å². The second kappa shape index (κ2) is 3.70. The van der Waals surface area contributed by atoms with Gasteiger partial charge in [0.15, 0.2) is 0 Å². The number of fused-ring (bicyclic) bond motifs is 1. The molecule has 4 nitrogen and oxygen atoms in total. The summed E-state index contributed by atoms with van der Waals surface area (Å²) in [5.74, 6) is -0.927. The molecule has 0 bridgehead atoms. The van der Waals surface area contributed by atoms with Gasteiger partial charge in [0, 0.05) is 34.3 Å². The second-order valence-corrected chi connectivity index (χ2v) is 5.75. The molecule has 0 aromatic heterocycles. The van der Waals surface area contributed by atoms with Crippen LogP contribution in [-0.4, -0.2) is 67.6 Å². The fourth-order valence-electron chi connectivity index (χ4n) is 1.98. The molecule has 1 amide bonds. The third kappa shape index (κ3) is 1.60. The van der Waals surface area contributed by atoms with Crippen LogP contribution in [-0.2, 0) is 9.59 Å². The van der Waals surface area contributed by atoms with Crippen LogP contribution < -0.4 is 0 Å². The molecule has 2 atom stereocenters. The Hall–Kier alpha value is 0.290. The molecule has 2 aliphatic rings. The Bertz CT molecular complexity index is 294. The van der Waals surface area contributed by atoms with Crippen molar-refractivity contribution >= 4 is 53.2 Å². The number of carboxylic acids is 1. The van der Waals surface area contributed by atoms with E-state index in [2.05, 4.69) is 0 Å². The molecule has 14 heavy (non-hydrogen) atoms. The van der Waals surface area contributed by atoms with Crippen LogP contribution in [0.15, 0.2) is 0 Å². The number of thioether (sulfide) groups is 1. The summed E-state index contributed by atoms with van der Waals surface area (Å²) in [5, 5.41) is 9.08. The average molecular weight is 224 g/mol. The van der Waals surface area contributed by atoms with Crippen molar-refractivity contribution in [2.24, 2.45) is 0 Å². The smallest absolute Gasteiger partial charge is 0.327 e. The molecule has 2 rings (SSSR count). The first-order chi connectivity index (χ1) is 5.93. The fourth-order valence-corrected chi connectivity index (χ4v) is 3.60. The molecule has 1 radical (unpaired) electrons. The largest absolute Gasteiger partial charge is 0.480 e. The summed E-state index contributed by atoms with van der Waals surface area (Å²) < 4.78 is -0.358. The van der Waals surface area contributed by atoms with Crippen LogP contribution >= 0.6 is 11.8 Å². The number of rotatable bonds is 1. The molecule has 6 heteroatoms. The summed E-state index contributed by atoms with van der Waals surface area (Å²) in [5.41, 5.74) is 0. The van der Waals surface area contributed by atoms with Crippen molar-refractivity contribution < 1.29 is 14.7 Å². The minimum atomic E-state index is -0.895. The summed E-state index contributed by atoms with van der Waals surface area (Å²) >= 11 is 1.58. The summed E-state index contributed by atoms with van der Waals surface area (Å²) in [6.07, 6.45) is 0.498. The number of nitrogens with zero attached hydrogens (tertiary/aromatic N) is 1.